The van der Waals surface area contributed by atoms with Crippen LogP contribution in [-0.4, -0.2) is 57.0 Å². The van der Waals surface area contributed by atoms with Crippen molar-refractivity contribution >= 4 is 12.1 Å². The van der Waals surface area contributed by atoms with Crippen LogP contribution >= 0.6 is 0 Å². The fourth-order valence-corrected chi connectivity index (χ4v) is 4.14. The van der Waals surface area contributed by atoms with Crippen LogP contribution in [0.25, 0.3) is 0 Å². The first-order valence-corrected chi connectivity index (χ1v) is 11.2. The van der Waals surface area contributed by atoms with Crippen LogP contribution in [0.3, 0.4) is 0 Å². The van der Waals surface area contributed by atoms with E-state index in [1.165, 1.54) is 5.01 Å². The minimum Gasteiger partial charge on any atom is -0.493 e. The van der Waals surface area contributed by atoms with E-state index >= 15 is 0 Å². The third kappa shape index (κ3) is 5.22. The minimum atomic E-state index is -0.418. The van der Waals surface area contributed by atoms with Gasteiger partial charge in [0.05, 0.1) is 41.2 Å². The lowest BCUT2D eigenvalue weighted by molar-refractivity contribution is -0.128. The maximum Gasteiger partial charge on any atom is 0.258 e. The third-order valence-electron chi connectivity index (χ3n) is 5.84. The number of hydrogen-bond donors (Lipinski definition) is 0. The number of amides is 1. The lowest BCUT2D eigenvalue weighted by Crippen LogP contribution is -2.28. The average molecular weight is 476 g/mol. The molecule has 1 saturated heterocycles. The number of benzene rings is 3. The molecule has 1 amide bonds. The van der Waals surface area contributed by atoms with Crippen molar-refractivity contribution in [3.63, 3.8) is 0 Å². The van der Waals surface area contributed by atoms with Crippen LogP contribution in [0.15, 0.2) is 71.8 Å². The van der Waals surface area contributed by atoms with Crippen LogP contribution in [0.5, 0.6) is 23.0 Å². The summed E-state index contributed by atoms with van der Waals surface area (Å²) in [5.41, 5.74) is 2.76. The first-order chi connectivity index (χ1) is 17.1. The summed E-state index contributed by atoms with van der Waals surface area (Å²) in [6.45, 7) is 0.825. The van der Waals surface area contributed by atoms with E-state index < -0.39 is 6.17 Å². The maximum absolute atomic E-state index is 13.2. The molecule has 1 fully saturated rings. The van der Waals surface area contributed by atoms with Crippen molar-refractivity contribution in [2.75, 3.05) is 35.0 Å². The number of methoxy groups -OCH3 is 4. The van der Waals surface area contributed by atoms with Crippen molar-refractivity contribution in [3.05, 3.63) is 83.4 Å². The molecule has 3 aromatic rings. The van der Waals surface area contributed by atoms with Gasteiger partial charge in [-0.05, 0) is 47.0 Å². The topological polar surface area (TPSA) is 72.8 Å². The van der Waals surface area contributed by atoms with Crippen molar-refractivity contribution in [2.45, 2.75) is 12.7 Å². The van der Waals surface area contributed by atoms with E-state index in [1.54, 1.807) is 40.7 Å². The first-order valence-electron chi connectivity index (χ1n) is 11.2. The van der Waals surface area contributed by atoms with Gasteiger partial charge in [0.1, 0.15) is 6.17 Å². The molecule has 0 aromatic heterocycles. The van der Waals surface area contributed by atoms with Gasteiger partial charge < -0.3 is 18.9 Å². The molecule has 0 aliphatic carbocycles. The SMILES string of the molecule is COc1ccc(/C=N\N2C(=O)CN(Cc3ccccc3)[C@H]2c2ccc(OC)c(OC)c2)cc1OC. The highest BCUT2D eigenvalue weighted by atomic mass is 16.5. The Morgan fingerprint density at radius 2 is 1.46 bits per heavy atom. The summed E-state index contributed by atoms with van der Waals surface area (Å²) >= 11 is 0. The molecular formula is C27H29N3O5. The van der Waals surface area contributed by atoms with Gasteiger partial charge in [-0.3, -0.25) is 9.69 Å². The Hall–Kier alpha value is -4.04. The number of carbonyl (C=O) groups is 1. The Labute approximate surface area is 205 Å². The Kier molecular flexibility index (Phi) is 7.52. The van der Waals surface area contributed by atoms with Gasteiger partial charge in [-0.25, -0.2) is 5.01 Å². The Morgan fingerprint density at radius 1 is 0.829 bits per heavy atom. The molecule has 1 aliphatic rings. The first kappa shape index (κ1) is 24.1. The smallest absolute Gasteiger partial charge is 0.258 e. The largest absolute Gasteiger partial charge is 0.493 e. The fraction of sp³-hybridized carbons (Fsp3) is 0.259. The van der Waals surface area contributed by atoms with Crippen LogP contribution in [-0.2, 0) is 11.3 Å². The van der Waals surface area contributed by atoms with Gasteiger partial charge in [0.25, 0.3) is 5.91 Å². The fourth-order valence-electron chi connectivity index (χ4n) is 4.14. The Balaban J connectivity index is 1.70. The second-order valence-electron chi connectivity index (χ2n) is 7.98. The average Bonchev–Trinajstić information content (AvgIpc) is 3.21. The number of hydrogen-bond acceptors (Lipinski definition) is 7. The lowest BCUT2D eigenvalue weighted by atomic mass is 10.1. The molecule has 0 bridgehead atoms. The van der Waals surface area contributed by atoms with E-state index in [4.69, 9.17) is 18.9 Å². The second kappa shape index (κ2) is 10.9. The van der Waals surface area contributed by atoms with Crippen molar-refractivity contribution in [2.24, 2.45) is 5.10 Å². The summed E-state index contributed by atoms with van der Waals surface area (Å²) < 4.78 is 21.6. The van der Waals surface area contributed by atoms with Crippen molar-refractivity contribution in [1.82, 2.24) is 9.91 Å². The van der Waals surface area contributed by atoms with E-state index in [1.807, 2.05) is 60.7 Å². The maximum atomic E-state index is 13.2. The minimum absolute atomic E-state index is 0.0996. The predicted molar refractivity (Wildman–Crippen MR) is 133 cm³/mol. The van der Waals surface area contributed by atoms with E-state index in [0.29, 0.717) is 29.5 Å². The summed E-state index contributed by atoms with van der Waals surface area (Å²) in [6.07, 6.45) is 1.23. The van der Waals surface area contributed by atoms with Gasteiger partial charge in [0.15, 0.2) is 23.0 Å². The molecule has 0 spiro atoms. The quantitative estimate of drug-likeness (QED) is 0.434. The molecular weight excluding hydrogens is 446 g/mol. The predicted octanol–water partition coefficient (Wildman–Crippen LogP) is 4.10. The molecule has 35 heavy (non-hydrogen) atoms. The van der Waals surface area contributed by atoms with E-state index in [-0.39, 0.29) is 12.5 Å². The summed E-state index contributed by atoms with van der Waals surface area (Å²) in [5.74, 6) is 2.33. The normalized spacial score (nSPS) is 16.1. The van der Waals surface area contributed by atoms with Gasteiger partial charge in [-0.2, -0.15) is 5.10 Å². The highest BCUT2D eigenvalue weighted by Crippen LogP contribution is 2.37. The molecule has 0 radical (unpaired) electrons. The van der Waals surface area contributed by atoms with E-state index in [2.05, 4.69) is 10.0 Å². The summed E-state index contributed by atoms with van der Waals surface area (Å²) in [7, 11) is 6.36. The van der Waals surface area contributed by atoms with Crippen LogP contribution < -0.4 is 18.9 Å². The highest BCUT2D eigenvalue weighted by molar-refractivity contribution is 5.85. The third-order valence-corrected chi connectivity index (χ3v) is 5.84. The number of hydrazone groups is 1. The van der Waals surface area contributed by atoms with Crippen LogP contribution in [0, 0.1) is 0 Å². The summed E-state index contributed by atoms with van der Waals surface area (Å²) in [6, 6.07) is 21.2. The zero-order valence-electron chi connectivity index (χ0n) is 20.3. The van der Waals surface area contributed by atoms with Gasteiger partial charge in [-0.1, -0.05) is 36.4 Å². The lowest BCUT2D eigenvalue weighted by Gasteiger charge is -2.28. The Morgan fingerprint density at radius 3 is 2.11 bits per heavy atom. The molecule has 1 aliphatic heterocycles. The highest BCUT2D eigenvalue weighted by Gasteiger charge is 2.39. The molecule has 4 rings (SSSR count). The van der Waals surface area contributed by atoms with Crippen LogP contribution in [0.4, 0.5) is 0 Å². The van der Waals surface area contributed by atoms with Crippen molar-refractivity contribution in [3.8, 4) is 23.0 Å². The molecule has 1 heterocycles. The molecule has 0 N–H and O–H groups in total. The number of ether oxygens (including phenoxy) is 4. The van der Waals surface area contributed by atoms with Gasteiger partial charge in [0, 0.05) is 6.54 Å². The molecule has 8 nitrogen and oxygen atoms in total. The Bertz CT molecular complexity index is 1200. The standard InChI is InChI=1S/C27H29N3O5/c1-32-22-12-10-20(14-24(22)34-3)16-28-30-26(31)18-29(17-19-8-6-5-7-9-19)27(30)21-11-13-23(33-2)25(15-21)35-4/h5-16,27H,17-18H2,1-4H3/b28-16-/t27-/m1/s1. The molecule has 8 heteroatoms. The van der Waals surface area contributed by atoms with Crippen molar-refractivity contribution < 1.29 is 23.7 Å². The number of nitrogens with zero attached hydrogens (tertiary/aromatic N) is 3. The van der Waals surface area contributed by atoms with Gasteiger partial charge in [-0.15, -0.1) is 0 Å². The number of rotatable bonds is 9. The number of carbonyl (C=O) groups excluding carboxylic acids is 1. The second-order valence-corrected chi connectivity index (χ2v) is 7.98. The molecule has 3 aromatic carbocycles. The van der Waals surface area contributed by atoms with Crippen LogP contribution in [0.2, 0.25) is 0 Å². The zero-order chi connectivity index (χ0) is 24.8. The monoisotopic (exact) mass is 475 g/mol. The summed E-state index contributed by atoms with van der Waals surface area (Å²) in [4.78, 5) is 15.2. The van der Waals surface area contributed by atoms with Crippen molar-refractivity contribution in [1.29, 1.82) is 0 Å². The molecule has 0 unspecified atom stereocenters. The molecule has 0 saturated carbocycles. The molecule has 182 valence electrons. The molecule has 1 atom stereocenters. The van der Waals surface area contributed by atoms with E-state index in [9.17, 15) is 4.79 Å². The van der Waals surface area contributed by atoms with Gasteiger partial charge in [0.2, 0.25) is 0 Å². The van der Waals surface area contributed by atoms with E-state index in [0.717, 1.165) is 16.7 Å². The van der Waals surface area contributed by atoms with Gasteiger partial charge >= 0.3 is 0 Å². The summed E-state index contributed by atoms with van der Waals surface area (Å²) in [5, 5.41) is 6.12. The zero-order valence-corrected chi connectivity index (χ0v) is 20.3. The van der Waals surface area contributed by atoms with Crippen LogP contribution in [0.1, 0.15) is 22.9 Å².